The van der Waals surface area contributed by atoms with Crippen molar-refractivity contribution in [1.29, 1.82) is 0 Å². The number of likely N-dealkylation sites (tertiary alicyclic amines) is 1. The molecule has 1 atom stereocenters. The van der Waals surface area contributed by atoms with Crippen LogP contribution in [-0.4, -0.2) is 31.8 Å². The topological polar surface area (TPSA) is 66.5 Å². The summed E-state index contributed by atoms with van der Waals surface area (Å²) in [6.45, 7) is 3.11. The van der Waals surface area contributed by atoms with Gasteiger partial charge in [-0.15, -0.1) is 0 Å². The fourth-order valence-electron chi connectivity index (χ4n) is 3.49. The van der Waals surface area contributed by atoms with Gasteiger partial charge in [0.15, 0.2) is 0 Å². The van der Waals surface area contributed by atoms with E-state index in [-0.39, 0.29) is 23.4 Å². The van der Waals surface area contributed by atoms with E-state index in [1.54, 1.807) is 12.1 Å². The van der Waals surface area contributed by atoms with Crippen molar-refractivity contribution < 1.29 is 13.2 Å². The number of nitrogens with zero attached hydrogens (tertiary/aromatic N) is 1. The Balaban J connectivity index is 1.69. The number of carbonyl (C=O) groups is 1. The lowest BCUT2D eigenvalue weighted by Gasteiger charge is -2.35. The molecule has 1 unspecified atom stereocenters. The molecule has 5 nitrogen and oxygen atoms in total. The number of rotatable bonds is 6. The zero-order valence-corrected chi connectivity index (χ0v) is 16.4. The largest absolute Gasteiger partial charge is 0.336 e. The molecule has 1 fully saturated rings. The number of carbonyl (C=O) groups excluding carboxylic acids is 1. The van der Waals surface area contributed by atoms with Gasteiger partial charge in [-0.25, -0.2) is 13.1 Å². The Morgan fingerprint density at radius 1 is 1.07 bits per heavy atom. The average Bonchev–Trinajstić information content (AvgIpc) is 2.72. The van der Waals surface area contributed by atoms with Gasteiger partial charge in [0.05, 0.1) is 4.90 Å². The third-order valence-electron chi connectivity index (χ3n) is 5.08. The van der Waals surface area contributed by atoms with E-state index < -0.39 is 10.0 Å². The molecule has 0 radical (unpaired) electrons. The smallest absolute Gasteiger partial charge is 0.254 e. The molecule has 2 aromatic rings. The second kappa shape index (κ2) is 8.67. The lowest BCUT2D eigenvalue weighted by molar-refractivity contribution is 0.0608. The first-order chi connectivity index (χ1) is 13.0. The third kappa shape index (κ3) is 4.76. The van der Waals surface area contributed by atoms with Crippen molar-refractivity contribution in [2.24, 2.45) is 0 Å². The van der Waals surface area contributed by atoms with Gasteiger partial charge in [0.2, 0.25) is 10.0 Å². The van der Waals surface area contributed by atoms with E-state index in [0.29, 0.717) is 5.56 Å². The molecule has 1 aliphatic rings. The van der Waals surface area contributed by atoms with Crippen LogP contribution in [0.25, 0.3) is 0 Å². The summed E-state index contributed by atoms with van der Waals surface area (Å²) in [6.07, 6.45) is 4.17. The van der Waals surface area contributed by atoms with E-state index in [1.807, 2.05) is 35.2 Å². The molecule has 0 spiro atoms. The quantitative estimate of drug-likeness (QED) is 0.825. The minimum atomic E-state index is -3.62. The molecule has 3 rings (SSSR count). The number of nitrogens with one attached hydrogen (secondary N) is 1. The number of hydrogen-bond acceptors (Lipinski definition) is 3. The minimum absolute atomic E-state index is 0.0113. The highest BCUT2D eigenvalue weighted by molar-refractivity contribution is 7.89. The monoisotopic (exact) mass is 386 g/mol. The standard InChI is InChI=1S/C21H26N2O3S/c1-2-19-10-6-7-15-23(19)21(24)18-11-13-20(14-12-18)27(25,26)22-16-17-8-4-3-5-9-17/h3-5,8-9,11-14,19,22H,2,6-7,10,15-16H2,1H3. The highest BCUT2D eigenvalue weighted by Crippen LogP contribution is 2.22. The zero-order valence-electron chi connectivity index (χ0n) is 15.6. The van der Waals surface area contributed by atoms with E-state index in [2.05, 4.69) is 11.6 Å². The molecule has 1 aliphatic heterocycles. The van der Waals surface area contributed by atoms with Crippen LogP contribution in [0, 0.1) is 0 Å². The molecule has 2 aromatic carbocycles. The summed E-state index contributed by atoms with van der Waals surface area (Å²) in [7, 11) is -3.62. The maximum atomic E-state index is 12.8. The molecule has 1 amide bonds. The van der Waals surface area contributed by atoms with E-state index in [1.165, 1.54) is 12.1 Å². The first-order valence-electron chi connectivity index (χ1n) is 9.46. The number of benzene rings is 2. The Morgan fingerprint density at radius 2 is 1.78 bits per heavy atom. The van der Waals surface area contributed by atoms with Crippen LogP contribution in [0.2, 0.25) is 0 Å². The summed E-state index contributed by atoms with van der Waals surface area (Å²) in [6, 6.07) is 15.9. The van der Waals surface area contributed by atoms with Crippen molar-refractivity contribution in [3.8, 4) is 0 Å². The molecular formula is C21H26N2O3S. The number of piperidine rings is 1. The van der Waals surface area contributed by atoms with Crippen LogP contribution in [0.1, 0.15) is 48.5 Å². The van der Waals surface area contributed by atoms with Crippen molar-refractivity contribution in [2.75, 3.05) is 6.54 Å². The maximum absolute atomic E-state index is 12.8. The van der Waals surface area contributed by atoms with Gasteiger partial charge in [0.25, 0.3) is 5.91 Å². The number of hydrogen-bond donors (Lipinski definition) is 1. The Labute approximate surface area is 161 Å². The average molecular weight is 387 g/mol. The summed E-state index contributed by atoms with van der Waals surface area (Å²) < 4.78 is 27.6. The maximum Gasteiger partial charge on any atom is 0.254 e. The van der Waals surface area contributed by atoms with Gasteiger partial charge in [-0.05, 0) is 55.5 Å². The van der Waals surface area contributed by atoms with Gasteiger partial charge >= 0.3 is 0 Å². The van der Waals surface area contributed by atoms with E-state index in [0.717, 1.165) is 37.8 Å². The second-order valence-corrected chi connectivity index (χ2v) is 8.66. The van der Waals surface area contributed by atoms with Gasteiger partial charge < -0.3 is 4.90 Å². The van der Waals surface area contributed by atoms with Gasteiger partial charge in [0.1, 0.15) is 0 Å². The molecule has 0 aliphatic carbocycles. The molecule has 1 N–H and O–H groups in total. The Bertz CT molecular complexity index is 864. The highest BCUT2D eigenvalue weighted by atomic mass is 32.2. The normalized spacial score (nSPS) is 17.7. The van der Waals surface area contributed by atoms with Crippen LogP contribution in [0.3, 0.4) is 0 Å². The fraction of sp³-hybridized carbons (Fsp3) is 0.381. The first kappa shape index (κ1) is 19.6. The van der Waals surface area contributed by atoms with Crippen molar-refractivity contribution in [3.63, 3.8) is 0 Å². The van der Waals surface area contributed by atoms with E-state index in [9.17, 15) is 13.2 Å². The van der Waals surface area contributed by atoms with Crippen molar-refractivity contribution in [3.05, 3.63) is 65.7 Å². The molecule has 1 saturated heterocycles. The fourth-order valence-corrected chi connectivity index (χ4v) is 4.51. The minimum Gasteiger partial charge on any atom is -0.336 e. The van der Waals surface area contributed by atoms with Crippen LogP contribution < -0.4 is 4.72 Å². The van der Waals surface area contributed by atoms with Crippen molar-refractivity contribution in [1.82, 2.24) is 9.62 Å². The molecule has 1 heterocycles. The summed E-state index contributed by atoms with van der Waals surface area (Å²) in [5.41, 5.74) is 1.43. The first-order valence-corrected chi connectivity index (χ1v) is 10.9. The number of amides is 1. The van der Waals surface area contributed by atoms with Gasteiger partial charge in [-0.1, -0.05) is 37.3 Å². The van der Waals surface area contributed by atoms with Crippen LogP contribution in [0.15, 0.2) is 59.5 Å². The van der Waals surface area contributed by atoms with Crippen LogP contribution in [-0.2, 0) is 16.6 Å². The lowest BCUT2D eigenvalue weighted by atomic mass is 9.99. The second-order valence-electron chi connectivity index (χ2n) is 6.89. The molecule has 0 saturated carbocycles. The molecule has 27 heavy (non-hydrogen) atoms. The van der Waals surface area contributed by atoms with Crippen LogP contribution in [0.4, 0.5) is 0 Å². The van der Waals surface area contributed by atoms with Crippen LogP contribution in [0.5, 0.6) is 0 Å². The van der Waals surface area contributed by atoms with E-state index in [4.69, 9.17) is 0 Å². The molecule has 0 bridgehead atoms. The third-order valence-corrected chi connectivity index (χ3v) is 6.50. The summed E-state index contributed by atoms with van der Waals surface area (Å²) >= 11 is 0. The lowest BCUT2D eigenvalue weighted by Crippen LogP contribution is -2.43. The van der Waals surface area contributed by atoms with Crippen molar-refractivity contribution in [2.45, 2.75) is 50.1 Å². The zero-order chi connectivity index (χ0) is 19.3. The molecule has 0 aromatic heterocycles. The Morgan fingerprint density at radius 3 is 2.44 bits per heavy atom. The summed E-state index contributed by atoms with van der Waals surface area (Å²) in [5.74, 6) is -0.0113. The Hall–Kier alpha value is -2.18. The SMILES string of the molecule is CCC1CCCCN1C(=O)c1ccc(S(=O)(=O)NCc2ccccc2)cc1. The van der Waals surface area contributed by atoms with Crippen molar-refractivity contribution >= 4 is 15.9 Å². The molecule has 6 heteroatoms. The molecular weight excluding hydrogens is 360 g/mol. The van der Waals surface area contributed by atoms with Gasteiger partial charge in [-0.2, -0.15) is 0 Å². The van der Waals surface area contributed by atoms with Gasteiger partial charge in [-0.3, -0.25) is 4.79 Å². The summed E-state index contributed by atoms with van der Waals surface area (Å²) in [4.78, 5) is 14.9. The highest BCUT2D eigenvalue weighted by Gasteiger charge is 2.26. The number of sulfonamides is 1. The van der Waals surface area contributed by atoms with E-state index >= 15 is 0 Å². The van der Waals surface area contributed by atoms with Gasteiger partial charge in [0, 0.05) is 24.7 Å². The predicted octanol–water partition coefficient (Wildman–Crippen LogP) is 3.57. The Kier molecular flexibility index (Phi) is 6.29. The predicted molar refractivity (Wildman–Crippen MR) is 106 cm³/mol. The van der Waals surface area contributed by atoms with Crippen LogP contribution >= 0.6 is 0 Å². The summed E-state index contributed by atoms with van der Waals surface area (Å²) in [5, 5.41) is 0. The molecule has 144 valence electrons.